The molecule has 6 nitrogen and oxygen atoms in total. The van der Waals surface area contributed by atoms with Crippen LogP contribution in [-0.4, -0.2) is 33.7 Å². The van der Waals surface area contributed by atoms with Gasteiger partial charge in [0.1, 0.15) is 5.82 Å². The minimum Gasteiger partial charge on any atom is -0.396 e. The average Bonchev–Trinajstić information content (AvgIpc) is 2.99. The first-order valence-electron chi connectivity index (χ1n) is 9.39. The maximum absolute atomic E-state index is 13.0. The lowest BCUT2D eigenvalue weighted by Crippen LogP contribution is -2.26. The SMILES string of the molecule is CCN1C(=O)/C(=C\c2nc3ccccc3c(=O)n2CCCO)c2ccccc21. The molecule has 0 unspecified atom stereocenters. The molecule has 0 bridgehead atoms. The van der Waals surface area contributed by atoms with Crippen molar-refractivity contribution in [3.8, 4) is 0 Å². The summed E-state index contributed by atoms with van der Waals surface area (Å²) in [5, 5.41) is 9.76. The highest BCUT2D eigenvalue weighted by molar-refractivity contribution is 6.35. The van der Waals surface area contributed by atoms with E-state index in [0.29, 0.717) is 41.8 Å². The highest BCUT2D eigenvalue weighted by atomic mass is 16.3. The molecule has 1 aliphatic rings. The summed E-state index contributed by atoms with van der Waals surface area (Å²) in [7, 11) is 0. The Bertz CT molecular complexity index is 1150. The van der Waals surface area contributed by atoms with Crippen LogP contribution in [0.5, 0.6) is 0 Å². The second-order valence-electron chi connectivity index (χ2n) is 6.65. The molecule has 6 heteroatoms. The zero-order chi connectivity index (χ0) is 19.7. The van der Waals surface area contributed by atoms with E-state index in [1.165, 1.54) is 4.57 Å². The first-order valence-corrected chi connectivity index (χ1v) is 9.39. The van der Waals surface area contributed by atoms with Gasteiger partial charge in [-0.25, -0.2) is 4.98 Å². The van der Waals surface area contributed by atoms with Crippen molar-refractivity contribution in [3.05, 3.63) is 70.3 Å². The molecular formula is C22H21N3O3. The third kappa shape index (κ3) is 2.92. The van der Waals surface area contributed by atoms with E-state index >= 15 is 0 Å². The Hall–Kier alpha value is -3.25. The van der Waals surface area contributed by atoms with Gasteiger partial charge in [-0.2, -0.15) is 0 Å². The van der Waals surface area contributed by atoms with Crippen molar-refractivity contribution in [1.82, 2.24) is 9.55 Å². The van der Waals surface area contributed by atoms with Crippen molar-refractivity contribution in [3.63, 3.8) is 0 Å². The minimum atomic E-state index is -0.169. The smallest absolute Gasteiger partial charge is 0.261 e. The quantitative estimate of drug-likeness (QED) is 0.696. The molecule has 4 rings (SSSR count). The minimum absolute atomic E-state index is 0.0271. The van der Waals surface area contributed by atoms with Crippen molar-refractivity contribution in [2.45, 2.75) is 19.9 Å². The van der Waals surface area contributed by atoms with Crippen molar-refractivity contribution in [1.29, 1.82) is 0 Å². The van der Waals surface area contributed by atoms with Crippen molar-refractivity contribution < 1.29 is 9.90 Å². The highest BCUT2D eigenvalue weighted by Crippen LogP contribution is 2.37. The van der Waals surface area contributed by atoms with Gasteiger partial charge in [0.15, 0.2) is 0 Å². The van der Waals surface area contributed by atoms with E-state index in [9.17, 15) is 14.7 Å². The highest BCUT2D eigenvalue weighted by Gasteiger charge is 2.31. The molecule has 1 amide bonds. The Balaban J connectivity index is 1.94. The second-order valence-corrected chi connectivity index (χ2v) is 6.65. The molecule has 1 N–H and O–H groups in total. The molecule has 0 saturated carbocycles. The zero-order valence-electron chi connectivity index (χ0n) is 15.6. The monoisotopic (exact) mass is 375 g/mol. The van der Waals surface area contributed by atoms with Gasteiger partial charge in [0.2, 0.25) is 0 Å². The Morgan fingerprint density at radius 2 is 1.82 bits per heavy atom. The number of anilines is 1. The molecule has 2 aromatic carbocycles. The number of fused-ring (bicyclic) bond motifs is 2. The van der Waals surface area contributed by atoms with Gasteiger partial charge in [-0.05, 0) is 37.6 Å². The second kappa shape index (κ2) is 7.40. The van der Waals surface area contributed by atoms with Crippen LogP contribution in [0.3, 0.4) is 0 Å². The topological polar surface area (TPSA) is 75.4 Å². The van der Waals surface area contributed by atoms with Crippen LogP contribution >= 0.6 is 0 Å². The van der Waals surface area contributed by atoms with Crippen LogP contribution in [0.25, 0.3) is 22.6 Å². The van der Waals surface area contributed by atoms with E-state index in [0.717, 1.165) is 11.3 Å². The van der Waals surface area contributed by atoms with Gasteiger partial charge in [0, 0.05) is 25.3 Å². The molecule has 3 aromatic rings. The molecule has 0 aliphatic carbocycles. The van der Waals surface area contributed by atoms with E-state index in [2.05, 4.69) is 4.98 Å². The zero-order valence-corrected chi connectivity index (χ0v) is 15.6. The van der Waals surface area contributed by atoms with Crippen molar-refractivity contribution in [2.75, 3.05) is 18.1 Å². The van der Waals surface area contributed by atoms with Gasteiger partial charge in [0.25, 0.3) is 11.5 Å². The van der Waals surface area contributed by atoms with E-state index < -0.39 is 0 Å². The first-order chi connectivity index (χ1) is 13.7. The molecule has 142 valence electrons. The number of nitrogens with zero attached hydrogens (tertiary/aromatic N) is 3. The Labute approximate surface area is 162 Å². The van der Waals surface area contributed by atoms with E-state index in [1.54, 1.807) is 29.2 Å². The predicted octanol–water partition coefficient (Wildman–Crippen LogP) is 2.69. The first kappa shape index (κ1) is 18.1. The number of amides is 1. The molecular weight excluding hydrogens is 354 g/mol. The summed E-state index contributed by atoms with van der Waals surface area (Å²) in [6.45, 7) is 2.80. The Morgan fingerprint density at radius 3 is 2.61 bits per heavy atom. The number of likely N-dealkylation sites (N-methyl/N-ethyl adjacent to an activating group) is 1. The van der Waals surface area contributed by atoms with Crippen LogP contribution < -0.4 is 10.5 Å². The normalized spacial score (nSPS) is 14.9. The van der Waals surface area contributed by atoms with Crippen LogP contribution in [0, 0.1) is 0 Å². The molecule has 0 spiro atoms. The standard InChI is InChI=1S/C22H21N3O3/c1-2-24-19-11-6-4-8-15(19)17(22(24)28)14-20-23-18-10-5-3-9-16(18)21(27)25(20)12-7-13-26/h3-6,8-11,14,26H,2,7,12-13H2,1H3/b17-14-. The van der Waals surface area contributed by atoms with Gasteiger partial charge in [-0.3, -0.25) is 14.2 Å². The lowest BCUT2D eigenvalue weighted by Gasteiger charge is -2.13. The van der Waals surface area contributed by atoms with Crippen LogP contribution in [0.2, 0.25) is 0 Å². The van der Waals surface area contributed by atoms with Crippen molar-refractivity contribution in [2.24, 2.45) is 0 Å². The fourth-order valence-corrected chi connectivity index (χ4v) is 3.63. The summed E-state index contributed by atoms with van der Waals surface area (Å²) < 4.78 is 1.54. The fourth-order valence-electron chi connectivity index (χ4n) is 3.63. The van der Waals surface area contributed by atoms with Gasteiger partial charge in [-0.15, -0.1) is 0 Å². The maximum Gasteiger partial charge on any atom is 0.261 e. The maximum atomic E-state index is 13.0. The number of aliphatic hydroxyl groups excluding tert-OH is 1. The molecule has 2 heterocycles. The Kier molecular flexibility index (Phi) is 4.79. The third-order valence-electron chi connectivity index (χ3n) is 4.98. The van der Waals surface area contributed by atoms with E-state index in [1.807, 2.05) is 37.3 Å². The third-order valence-corrected chi connectivity index (χ3v) is 4.98. The van der Waals surface area contributed by atoms with Gasteiger partial charge in [0.05, 0.1) is 22.2 Å². The molecule has 28 heavy (non-hydrogen) atoms. The number of hydrogen-bond donors (Lipinski definition) is 1. The number of para-hydroxylation sites is 2. The number of rotatable bonds is 5. The van der Waals surface area contributed by atoms with Crippen LogP contribution in [0.1, 0.15) is 24.7 Å². The molecule has 0 radical (unpaired) electrons. The number of carbonyl (C=O) groups is 1. The molecule has 0 fully saturated rings. The molecule has 1 aliphatic heterocycles. The summed E-state index contributed by atoms with van der Waals surface area (Å²) >= 11 is 0. The summed E-state index contributed by atoms with van der Waals surface area (Å²) in [5.41, 5.74) is 2.65. The van der Waals surface area contributed by atoms with Crippen molar-refractivity contribution >= 4 is 34.1 Å². The number of aliphatic hydroxyl groups is 1. The number of aromatic nitrogens is 2. The molecule has 0 atom stereocenters. The summed E-state index contributed by atoms with van der Waals surface area (Å²) in [5.74, 6) is 0.327. The lowest BCUT2D eigenvalue weighted by molar-refractivity contribution is -0.112. The van der Waals surface area contributed by atoms with E-state index in [-0.39, 0.29) is 18.1 Å². The van der Waals surface area contributed by atoms with Gasteiger partial charge >= 0.3 is 0 Å². The number of hydrogen-bond acceptors (Lipinski definition) is 4. The Morgan fingerprint density at radius 1 is 1.07 bits per heavy atom. The summed E-state index contributed by atoms with van der Waals surface area (Å²) in [6, 6.07) is 14.8. The summed E-state index contributed by atoms with van der Waals surface area (Å²) in [4.78, 5) is 32.3. The van der Waals surface area contributed by atoms with E-state index in [4.69, 9.17) is 0 Å². The number of carbonyl (C=O) groups excluding carboxylic acids is 1. The van der Waals surface area contributed by atoms with Crippen LogP contribution in [-0.2, 0) is 11.3 Å². The largest absolute Gasteiger partial charge is 0.396 e. The fraction of sp³-hybridized carbons (Fsp3) is 0.227. The van der Waals surface area contributed by atoms with Gasteiger partial charge < -0.3 is 10.0 Å². The predicted molar refractivity (Wildman–Crippen MR) is 110 cm³/mol. The molecule has 1 aromatic heterocycles. The average molecular weight is 375 g/mol. The lowest BCUT2D eigenvalue weighted by atomic mass is 10.1. The van der Waals surface area contributed by atoms with Gasteiger partial charge in [-0.1, -0.05) is 30.3 Å². The molecule has 0 saturated heterocycles. The van der Waals surface area contributed by atoms with Crippen LogP contribution in [0.15, 0.2) is 53.3 Å². The number of benzene rings is 2. The summed E-state index contributed by atoms with van der Waals surface area (Å²) in [6.07, 6.45) is 2.13. The van der Waals surface area contributed by atoms with Crippen LogP contribution in [0.4, 0.5) is 5.69 Å².